The van der Waals surface area contributed by atoms with Crippen LogP contribution in [-0.2, 0) is 0 Å². The van der Waals surface area contributed by atoms with Crippen LogP contribution >= 0.6 is 0 Å². The van der Waals surface area contributed by atoms with E-state index in [1.807, 2.05) is 12.1 Å². The van der Waals surface area contributed by atoms with E-state index >= 15 is 0 Å². The Kier molecular flexibility index (Phi) is 5.01. The van der Waals surface area contributed by atoms with E-state index in [1.54, 1.807) is 31.1 Å². The van der Waals surface area contributed by atoms with E-state index in [1.165, 1.54) is 0 Å². The number of carbonyl (C=O) groups excluding carboxylic acids is 1. The number of carbonyl (C=O) groups is 1. The van der Waals surface area contributed by atoms with Crippen LogP contribution in [0.15, 0.2) is 24.3 Å². The summed E-state index contributed by atoms with van der Waals surface area (Å²) in [7, 11) is 3.49. The molecule has 0 heterocycles. The quantitative estimate of drug-likeness (QED) is 0.785. The van der Waals surface area contributed by atoms with Crippen LogP contribution in [0.5, 0.6) is 5.75 Å². The molecule has 0 radical (unpaired) electrons. The molecule has 17 heavy (non-hydrogen) atoms. The summed E-state index contributed by atoms with van der Waals surface area (Å²) in [6.07, 6.45) is 1.04. The Morgan fingerprint density at radius 3 is 2.29 bits per heavy atom. The molecule has 1 aromatic rings. The van der Waals surface area contributed by atoms with Crippen LogP contribution < -0.4 is 4.74 Å². The third-order valence-corrected chi connectivity index (χ3v) is 2.47. The van der Waals surface area contributed by atoms with Crippen molar-refractivity contribution in [3.05, 3.63) is 29.8 Å². The molecule has 3 heteroatoms. The molecule has 0 spiro atoms. The van der Waals surface area contributed by atoms with Gasteiger partial charge < -0.3 is 9.64 Å². The Bertz CT molecular complexity index is 355. The molecule has 3 nitrogen and oxygen atoms in total. The van der Waals surface area contributed by atoms with Gasteiger partial charge in [-0.05, 0) is 36.6 Å². The van der Waals surface area contributed by atoms with Crippen LogP contribution in [0.4, 0.5) is 0 Å². The van der Waals surface area contributed by atoms with Crippen molar-refractivity contribution in [2.75, 3.05) is 20.7 Å². The molecule has 0 aliphatic rings. The molecule has 1 aromatic carbocycles. The zero-order chi connectivity index (χ0) is 12.8. The number of amides is 1. The summed E-state index contributed by atoms with van der Waals surface area (Å²) in [5, 5.41) is 0. The van der Waals surface area contributed by atoms with Crippen molar-refractivity contribution in [3.63, 3.8) is 0 Å². The van der Waals surface area contributed by atoms with Crippen molar-refractivity contribution in [1.82, 2.24) is 4.90 Å². The van der Waals surface area contributed by atoms with Gasteiger partial charge in [0.1, 0.15) is 5.75 Å². The highest BCUT2D eigenvalue weighted by Crippen LogP contribution is 2.14. The first-order chi connectivity index (χ1) is 8.00. The van der Waals surface area contributed by atoms with Crippen molar-refractivity contribution in [2.24, 2.45) is 5.92 Å². The number of hydrogen-bond acceptors (Lipinski definition) is 2. The number of rotatable bonds is 5. The molecule has 0 fully saturated rings. The molecular weight excluding hydrogens is 214 g/mol. The van der Waals surface area contributed by atoms with Gasteiger partial charge in [0.05, 0.1) is 6.61 Å². The van der Waals surface area contributed by atoms with Gasteiger partial charge >= 0.3 is 0 Å². The summed E-state index contributed by atoms with van der Waals surface area (Å²) in [6, 6.07) is 7.29. The highest BCUT2D eigenvalue weighted by molar-refractivity contribution is 5.93. The van der Waals surface area contributed by atoms with Crippen LogP contribution in [0.1, 0.15) is 30.6 Å². The minimum atomic E-state index is 0.0127. The minimum Gasteiger partial charge on any atom is -0.494 e. The fourth-order valence-corrected chi connectivity index (χ4v) is 1.36. The van der Waals surface area contributed by atoms with E-state index in [0.717, 1.165) is 18.8 Å². The smallest absolute Gasteiger partial charge is 0.253 e. The molecule has 0 atom stereocenters. The zero-order valence-corrected chi connectivity index (χ0v) is 11.1. The second-order valence-corrected chi connectivity index (χ2v) is 4.75. The molecule has 0 aliphatic carbocycles. The minimum absolute atomic E-state index is 0.0127. The van der Waals surface area contributed by atoms with Crippen LogP contribution in [0, 0.1) is 5.92 Å². The van der Waals surface area contributed by atoms with Gasteiger partial charge in [-0.25, -0.2) is 0 Å². The summed E-state index contributed by atoms with van der Waals surface area (Å²) >= 11 is 0. The maximum absolute atomic E-state index is 11.6. The van der Waals surface area contributed by atoms with E-state index in [9.17, 15) is 4.79 Å². The van der Waals surface area contributed by atoms with Crippen LogP contribution in [-0.4, -0.2) is 31.5 Å². The monoisotopic (exact) mass is 235 g/mol. The SMILES string of the molecule is CC(C)CCOc1ccc(C(=O)N(C)C)cc1. The van der Waals surface area contributed by atoms with Crippen molar-refractivity contribution >= 4 is 5.91 Å². The maximum Gasteiger partial charge on any atom is 0.253 e. The predicted molar refractivity (Wildman–Crippen MR) is 69.4 cm³/mol. The summed E-state index contributed by atoms with van der Waals surface area (Å²) < 4.78 is 5.59. The standard InChI is InChI=1S/C14H21NO2/c1-11(2)9-10-17-13-7-5-12(6-8-13)14(16)15(3)4/h5-8,11H,9-10H2,1-4H3. The Morgan fingerprint density at radius 1 is 1.24 bits per heavy atom. The molecule has 1 amide bonds. The Hall–Kier alpha value is -1.51. The van der Waals surface area contributed by atoms with Gasteiger partial charge in [0.25, 0.3) is 5.91 Å². The summed E-state index contributed by atoms with van der Waals surface area (Å²) in [5.41, 5.74) is 0.686. The van der Waals surface area contributed by atoms with Gasteiger partial charge in [0.15, 0.2) is 0 Å². The third kappa shape index (κ3) is 4.47. The molecule has 0 aromatic heterocycles. The van der Waals surface area contributed by atoms with E-state index in [-0.39, 0.29) is 5.91 Å². The molecule has 0 saturated carbocycles. The van der Waals surface area contributed by atoms with Crippen LogP contribution in [0.2, 0.25) is 0 Å². The van der Waals surface area contributed by atoms with Gasteiger partial charge in [-0.15, -0.1) is 0 Å². The second kappa shape index (κ2) is 6.28. The van der Waals surface area contributed by atoms with Crippen LogP contribution in [0.3, 0.4) is 0 Å². The lowest BCUT2D eigenvalue weighted by Crippen LogP contribution is -2.21. The van der Waals surface area contributed by atoms with Gasteiger partial charge in [-0.3, -0.25) is 4.79 Å². The van der Waals surface area contributed by atoms with Gasteiger partial charge in [-0.1, -0.05) is 13.8 Å². The third-order valence-electron chi connectivity index (χ3n) is 2.47. The normalized spacial score (nSPS) is 10.4. The largest absolute Gasteiger partial charge is 0.494 e. The van der Waals surface area contributed by atoms with E-state index in [4.69, 9.17) is 4.74 Å². The van der Waals surface area contributed by atoms with Crippen molar-refractivity contribution in [1.29, 1.82) is 0 Å². The lowest BCUT2D eigenvalue weighted by Gasteiger charge is -2.11. The Balaban J connectivity index is 2.53. The molecule has 0 bridgehead atoms. The molecule has 0 unspecified atom stereocenters. The fourth-order valence-electron chi connectivity index (χ4n) is 1.36. The number of ether oxygens (including phenoxy) is 1. The van der Waals surface area contributed by atoms with Crippen LogP contribution in [0.25, 0.3) is 0 Å². The molecular formula is C14H21NO2. The summed E-state index contributed by atoms with van der Waals surface area (Å²) in [5.74, 6) is 1.48. The van der Waals surface area contributed by atoms with Crippen molar-refractivity contribution in [3.8, 4) is 5.75 Å². The Labute approximate surface area is 103 Å². The average Bonchev–Trinajstić information content (AvgIpc) is 2.28. The predicted octanol–water partition coefficient (Wildman–Crippen LogP) is 2.81. The fraction of sp³-hybridized carbons (Fsp3) is 0.500. The molecule has 0 saturated heterocycles. The van der Waals surface area contributed by atoms with Crippen molar-refractivity contribution < 1.29 is 9.53 Å². The average molecular weight is 235 g/mol. The second-order valence-electron chi connectivity index (χ2n) is 4.75. The Morgan fingerprint density at radius 2 is 1.82 bits per heavy atom. The first kappa shape index (κ1) is 13.6. The zero-order valence-electron chi connectivity index (χ0n) is 11.1. The first-order valence-electron chi connectivity index (χ1n) is 5.95. The maximum atomic E-state index is 11.6. The van der Waals surface area contributed by atoms with Crippen molar-refractivity contribution in [2.45, 2.75) is 20.3 Å². The van der Waals surface area contributed by atoms with E-state index in [2.05, 4.69) is 13.8 Å². The lowest BCUT2D eigenvalue weighted by molar-refractivity contribution is 0.0827. The molecule has 0 N–H and O–H groups in total. The summed E-state index contributed by atoms with van der Waals surface area (Å²) in [6.45, 7) is 5.06. The lowest BCUT2D eigenvalue weighted by atomic mass is 10.1. The van der Waals surface area contributed by atoms with E-state index < -0.39 is 0 Å². The number of hydrogen-bond donors (Lipinski definition) is 0. The summed E-state index contributed by atoms with van der Waals surface area (Å²) in [4.78, 5) is 13.2. The number of nitrogens with zero attached hydrogens (tertiary/aromatic N) is 1. The highest BCUT2D eigenvalue weighted by Gasteiger charge is 2.07. The molecule has 1 rings (SSSR count). The highest BCUT2D eigenvalue weighted by atomic mass is 16.5. The molecule has 0 aliphatic heterocycles. The molecule has 94 valence electrons. The van der Waals surface area contributed by atoms with E-state index in [0.29, 0.717) is 11.5 Å². The first-order valence-corrected chi connectivity index (χ1v) is 5.95. The topological polar surface area (TPSA) is 29.5 Å². The number of benzene rings is 1. The van der Waals surface area contributed by atoms with Gasteiger partial charge in [0, 0.05) is 19.7 Å². The van der Waals surface area contributed by atoms with Gasteiger partial charge in [0.2, 0.25) is 0 Å². The van der Waals surface area contributed by atoms with Gasteiger partial charge in [-0.2, -0.15) is 0 Å².